The number of aryl methyl sites for hydroxylation is 1. The Morgan fingerprint density at radius 1 is 1.22 bits per heavy atom. The van der Waals surface area contributed by atoms with E-state index in [0.29, 0.717) is 28.8 Å². The molecule has 1 aromatic heterocycles. The molecule has 0 atom stereocenters. The number of amides is 1. The Morgan fingerprint density at radius 3 is 2.78 bits per heavy atom. The maximum Gasteiger partial charge on any atom is 0.272 e. The van der Waals surface area contributed by atoms with Crippen molar-refractivity contribution in [1.82, 2.24) is 4.57 Å². The van der Waals surface area contributed by atoms with E-state index in [4.69, 9.17) is 16.3 Å². The number of nitrogens with zero attached hydrogens (tertiary/aromatic N) is 1. The van der Waals surface area contributed by atoms with Gasteiger partial charge in [0.05, 0.1) is 12.3 Å². The third-order valence-corrected chi connectivity index (χ3v) is 3.91. The van der Waals surface area contributed by atoms with E-state index in [0.717, 1.165) is 10.9 Å². The summed E-state index contributed by atoms with van der Waals surface area (Å²) in [5.74, 6) is 0.470. The van der Waals surface area contributed by atoms with Gasteiger partial charge in [-0.05, 0) is 37.3 Å². The largest absolute Gasteiger partial charge is 0.492 e. The summed E-state index contributed by atoms with van der Waals surface area (Å²) >= 11 is 6.03. The minimum Gasteiger partial charge on any atom is -0.492 e. The molecule has 4 nitrogen and oxygen atoms in total. The van der Waals surface area contributed by atoms with Crippen molar-refractivity contribution < 1.29 is 9.53 Å². The predicted octanol–water partition coefficient (Wildman–Crippen LogP) is 4.48. The van der Waals surface area contributed by atoms with Crippen molar-refractivity contribution in [3.63, 3.8) is 0 Å². The van der Waals surface area contributed by atoms with Gasteiger partial charge in [-0.1, -0.05) is 29.8 Å². The first-order chi connectivity index (χ1) is 11.1. The van der Waals surface area contributed by atoms with Gasteiger partial charge >= 0.3 is 0 Å². The van der Waals surface area contributed by atoms with E-state index < -0.39 is 0 Å². The number of nitrogens with one attached hydrogen (secondary N) is 1. The number of halogens is 1. The Morgan fingerprint density at radius 2 is 2.00 bits per heavy atom. The zero-order chi connectivity index (χ0) is 16.4. The SMILES string of the molecule is CCOc1ccccc1NC(=O)c1cc2ccc(Cl)cc2n1C. The highest BCUT2D eigenvalue weighted by atomic mass is 35.5. The predicted molar refractivity (Wildman–Crippen MR) is 93.5 cm³/mol. The summed E-state index contributed by atoms with van der Waals surface area (Å²) in [5, 5.41) is 4.53. The van der Waals surface area contributed by atoms with Crippen molar-refractivity contribution in [1.29, 1.82) is 0 Å². The molecule has 3 rings (SSSR count). The van der Waals surface area contributed by atoms with Crippen LogP contribution in [0.15, 0.2) is 48.5 Å². The zero-order valence-electron chi connectivity index (χ0n) is 13.0. The average Bonchev–Trinajstić information content (AvgIpc) is 2.86. The molecule has 0 fully saturated rings. The highest BCUT2D eigenvalue weighted by molar-refractivity contribution is 6.31. The van der Waals surface area contributed by atoms with Crippen molar-refractivity contribution in [3.8, 4) is 5.75 Å². The lowest BCUT2D eigenvalue weighted by molar-refractivity contribution is 0.101. The minimum atomic E-state index is -0.188. The third-order valence-electron chi connectivity index (χ3n) is 3.68. The lowest BCUT2D eigenvalue weighted by Crippen LogP contribution is -2.16. The zero-order valence-corrected chi connectivity index (χ0v) is 13.7. The van der Waals surface area contributed by atoms with Crippen molar-refractivity contribution in [2.45, 2.75) is 6.92 Å². The van der Waals surface area contributed by atoms with Gasteiger partial charge in [-0.2, -0.15) is 0 Å². The summed E-state index contributed by atoms with van der Waals surface area (Å²) in [6.45, 7) is 2.45. The van der Waals surface area contributed by atoms with Gasteiger partial charge in [0.25, 0.3) is 5.91 Å². The van der Waals surface area contributed by atoms with Gasteiger partial charge in [0.1, 0.15) is 11.4 Å². The normalized spacial score (nSPS) is 10.7. The van der Waals surface area contributed by atoms with Crippen LogP contribution in [0.2, 0.25) is 5.02 Å². The molecule has 1 heterocycles. The van der Waals surface area contributed by atoms with Crippen molar-refractivity contribution in [2.24, 2.45) is 7.05 Å². The first kappa shape index (κ1) is 15.4. The fraction of sp³-hybridized carbons (Fsp3) is 0.167. The molecule has 3 aromatic rings. The van der Waals surface area contributed by atoms with Gasteiger partial charge in [-0.25, -0.2) is 0 Å². The van der Waals surface area contributed by atoms with E-state index in [9.17, 15) is 4.79 Å². The van der Waals surface area contributed by atoms with Crippen LogP contribution < -0.4 is 10.1 Å². The number of benzene rings is 2. The molecule has 0 aliphatic rings. The van der Waals surface area contributed by atoms with Crippen LogP contribution in [0.25, 0.3) is 10.9 Å². The van der Waals surface area contributed by atoms with E-state index >= 15 is 0 Å². The number of carbonyl (C=O) groups excluding carboxylic acids is 1. The van der Waals surface area contributed by atoms with E-state index in [1.807, 2.05) is 67.1 Å². The second-order valence-electron chi connectivity index (χ2n) is 5.18. The van der Waals surface area contributed by atoms with Crippen molar-refractivity contribution in [3.05, 3.63) is 59.2 Å². The quantitative estimate of drug-likeness (QED) is 0.767. The highest BCUT2D eigenvalue weighted by Crippen LogP contribution is 2.26. The standard InChI is InChI=1S/C18H17ClN2O2/c1-3-23-17-7-5-4-6-14(17)20-18(22)16-10-12-8-9-13(19)11-15(12)21(16)2/h4-11H,3H2,1-2H3,(H,20,22). The molecule has 1 amide bonds. The Hall–Kier alpha value is -2.46. The first-order valence-corrected chi connectivity index (χ1v) is 7.76. The maximum atomic E-state index is 12.6. The Labute approximate surface area is 139 Å². The number of fused-ring (bicyclic) bond motifs is 1. The van der Waals surface area contributed by atoms with Gasteiger partial charge in [-0.3, -0.25) is 4.79 Å². The molecule has 0 saturated heterocycles. The number of hydrogen-bond acceptors (Lipinski definition) is 2. The van der Waals surface area contributed by atoms with Gasteiger partial charge in [0.2, 0.25) is 0 Å². The summed E-state index contributed by atoms with van der Waals surface area (Å²) in [6, 6.07) is 14.8. The molecule has 0 aliphatic heterocycles. The monoisotopic (exact) mass is 328 g/mol. The van der Waals surface area contributed by atoms with Crippen LogP contribution in [0.5, 0.6) is 5.75 Å². The lowest BCUT2D eigenvalue weighted by atomic mass is 10.2. The minimum absolute atomic E-state index is 0.188. The number of anilines is 1. The topological polar surface area (TPSA) is 43.3 Å². The molecule has 23 heavy (non-hydrogen) atoms. The van der Waals surface area contributed by atoms with Crippen LogP contribution in [0.4, 0.5) is 5.69 Å². The van der Waals surface area contributed by atoms with Gasteiger partial charge < -0.3 is 14.6 Å². The molecule has 0 aliphatic carbocycles. The molecule has 1 N–H and O–H groups in total. The van der Waals surface area contributed by atoms with Gasteiger partial charge in [-0.15, -0.1) is 0 Å². The summed E-state index contributed by atoms with van der Waals surface area (Å²) in [5.41, 5.74) is 2.14. The number of para-hydroxylation sites is 2. The van der Waals surface area contributed by atoms with Crippen molar-refractivity contribution in [2.75, 3.05) is 11.9 Å². The fourth-order valence-corrected chi connectivity index (χ4v) is 2.73. The smallest absolute Gasteiger partial charge is 0.272 e. The van der Waals surface area contributed by atoms with E-state index in [1.54, 1.807) is 0 Å². The van der Waals surface area contributed by atoms with E-state index in [1.165, 1.54) is 0 Å². The van der Waals surface area contributed by atoms with E-state index in [-0.39, 0.29) is 5.91 Å². The summed E-state index contributed by atoms with van der Waals surface area (Å²) in [4.78, 5) is 12.6. The number of hydrogen-bond donors (Lipinski definition) is 1. The van der Waals surface area contributed by atoms with Crippen LogP contribution in [0.3, 0.4) is 0 Å². The second kappa shape index (κ2) is 6.34. The number of rotatable bonds is 4. The number of carbonyl (C=O) groups is 1. The van der Waals surface area contributed by atoms with Crippen LogP contribution in [0.1, 0.15) is 17.4 Å². The summed E-state index contributed by atoms with van der Waals surface area (Å²) in [7, 11) is 1.85. The molecule has 0 spiro atoms. The van der Waals surface area contributed by atoms with Gasteiger partial charge in [0.15, 0.2) is 0 Å². The summed E-state index contributed by atoms with van der Waals surface area (Å²) in [6.07, 6.45) is 0. The summed E-state index contributed by atoms with van der Waals surface area (Å²) < 4.78 is 7.37. The molecule has 0 bridgehead atoms. The molecule has 0 radical (unpaired) electrons. The Kier molecular flexibility index (Phi) is 4.26. The van der Waals surface area contributed by atoms with Crippen LogP contribution in [-0.4, -0.2) is 17.1 Å². The third kappa shape index (κ3) is 3.03. The van der Waals surface area contributed by atoms with Crippen molar-refractivity contribution >= 4 is 34.1 Å². The molecule has 0 unspecified atom stereocenters. The van der Waals surface area contributed by atoms with Crippen LogP contribution in [-0.2, 0) is 7.05 Å². The van der Waals surface area contributed by atoms with Crippen LogP contribution in [0, 0.1) is 0 Å². The maximum absolute atomic E-state index is 12.6. The number of aromatic nitrogens is 1. The van der Waals surface area contributed by atoms with Crippen LogP contribution >= 0.6 is 11.6 Å². The van der Waals surface area contributed by atoms with Gasteiger partial charge in [0, 0.05) is 23.0 Å². The molecule has 118 valence electrons. The van der Waals surface area contributed by atoms with E-state index in [2.05, 4.69) is 5.32 Å². The Bertz CT molecular complexity index is 871. The average molecular weight is 329 g/mol. The molecular formula is C18H17ClN2O2. The Balaban J connectivity index is 1.94. The second-order valence-corrected chi connectivity index (χ2v) is 5.61. The number of ether oxygens (including phenoxy) is 1. The fourth-order valence-electron chi connectivity index (χ4n) is 2.56. The molecule has 0 saturated carbocycles. The first-order valence-electron chi connectivity index (χ1n) is 7.38. The molecular weight excluding hydrogens is 312 g/mol. The highest BCUT2D eigenvalue weighted by Gasteiger charge is 2.15. The molecule has 5 heteroatoms. The lowest BCUT2D eigenvalue weighted by Gasteiger charge is -2.11. The molecule has 2 aromatic carbocycles.